The second-order valence-electron chi connectivity index (χ2n) is 11.1. The van der Waals surface area contributed by atoms with E-state index in [0.717, 1.165) is 38.5 Å². The van der Waals surface area contributed by atoms with Crippen molar-refractivity contribution in [2.24, 2.45) is 28.4 Å². The van der Waals surface area contributed by atoms with Gasteiger partial charge in [0.2, 0.25) is 0 Å². The highest BCUT2D eigenvalue weighted by Gasteiger charge is 2.36. The van der Waals surface area contributed by atoms with Gasteiger partial charge in [0, 0.05) is 6.42 Å². The van der Waals surface area contributed by atoms with E-state index in [9.17, 15) is 9.59 Å². The van der Waals surface area contributed by atoms with E-state index in [1.54, 1.807) is 0 Å². The number of carbonyl (C=O) groups is 2. The summed E-state index contributed by atoms with van der Waals surface area (Å²) in [7, 11) is 0. The molecule has 2 saturated carbocycles. The van der Waals surface area contributed by atoms with Crippen LogP contribution in [-0.2, 0) is 19.1 Å². The van der Waals surface area contributed by atoms with Gasteiger partial charge in [0.15, 0.2) is 0 Å². The van der Waals surface area contributed by atoms with Crippen LogP contribution >= 0.6 is 0 Å². The molecule has 2 rings (SSSR count). The van der Waals surface area contributed by atoms with Crippen molar-refractivity contribution in [3.05, 3.63) is 0 Å². The van der Waals surface area contributed by atoms with Gasteiger partial charge >= 0.3 is 11.9 Å². The predicted octanol–water partition coefficient (Wildman–Crippen LogP) is 4.61. The predicted molar refractivity (Wildman–Crippen MR) is 111 cm³/mol. The van der Waals surface area contributed by atoms with Crippen LogP contribution in [0.25, 0.3) is 0 Å². The molecule has 0 saturated heterocycles. The molecule has 0 aromatic heterocycles. The molecule has 0 aromatic carbocycles. The third-order valence-electron chi connectivity index (χ3n) is 6.24. The smallest absolute Gasteiger partial charge is 0.323 e. The average molecular weight is 396 g/mol. The van der Waals surface area contributed by atoms with Crippen LogP contribution in [0.4, 0.5) is 0 Å². The molecular weight excluding hydrogens is 354 g/mol. The number of esters is 2. The van der Waals surface area contributed by atoms with Crippen LogP contribution in [0.1, 0.15) is 92.9 Å². The zero-order valence-electron chi connectivity index (χ0n) is 18.8. The van der Waals surface area contributed by atoms with Gasteiger partial charge in [0.25, 0.3) is 0 Å². The molecular formula is C23H41NO4. The fourth-order valence-electron chi connectivity index (χ4n) is 5.58. The van der Waals surface area contributed by atoms with Crippen LogP contribution in [0.5, 0.6) is 0 Å². The highest BCUT2D eigenvalue weighted by molar-refractivity contribution is 5.77. The van der Waals surface area contributed by atoms with E-state index in [2.05, 4.69) is 41.5 Å². The molecule has 0 bridgehead atoms. The van der Waals surface area contributed by atoms with E-state index in [1.807, 2.05) is 0 Å². The molecule has 2 fully saturated rings. The van der Waals surface area contributed by atoms with Crippen molar-refractivity contribution in [3.8, 4) is 0 Å². The van der Waals surface area contributed by atoms with Gasteiger partial charge in [0.05, 0.1) is 0 Å². The Balaban J connectivity index is 1.74. The first-order valence-corrected chi connectivity index (χ1v) is 11.0. The summed E-state index contributed by atoms with van der Waals surface area (Å²) < 4.78 is 11.3. The molecule has 0 aromatic rings. The third-order valence-corrected chi connectivity index (χ3v) is 6.24. The molecule has 0 spiro atoms. The van der Waals surface area contributed by atoms with Crippen LogP contribution in [0.15, 0.2) is 0 Å². The second kappa shape index (κ2) is 9.15. The summed E-state index contributed by atoms with van der Waals surface area (Å²) in [6, 6.07) is -0.769. The minimum atomic E-state index is -0.769. The second-order valence-corrected chi connectivity index (χ2v) is 11.1. The van der Waals surface area contributed by atoms with Gasteiger partial charge in [-0.3, -0.25) is 9.59 Å². The van der Waals surface area contributed by atoms with Crippen molar-refractivity contribution in [2.45, 2.75) is 111 Å². The Morgan fingerprint density at radius 2 is 1.36 bits per heavy atom. The van der Waals surface area contributed by atoms with Crippen LogP contribution in [0.2, 0.25) is 0 Å². The number of carbonyl (C=O) groups excluding carboxylic acids is 2. The summed E-state index contributed by atoms with van der Waals surface area (Å²) in [6.07, 6.45) is 6.21. The van der Waals surface area contributed by atoms with E-state index < -0.39 is 12.0 Å². The number of rotatable bonds is 6. The Labute approximate surface area is 171 Å². The lowest BCUT2D eigenvalue weighted by Crippen LogP contribution is -2.39. The van der Waals surface area contributed by atoms with Crippen molar-refractivity contribution in [1.82, 2.24) is 0 Å². The maximum absolute atomic E-state index is 12.4. The average Bonchev–Trinajstić information content (AvgIpc) is 2.48. The number of hydrogen-bond acceptors (Lipinski definition) is 5. The minimum absolute atomic E-state index is 0.0274. The molecule has 2 aliphatic carbocycles. The zero-order chi connectivity index (χ0) is 21.1. The van der Waals surface area contributed by atoms with E-state index >= 15 is 0 Å². The number of hydrogen-bond donors (Lipinski definition) is 1. The SMILES string of the molecule is CC1CC(OC(=O)CC[C@@H](N)C(=O)OC2CC(C)CC(C)(C)C2)CC(C)(C)C1. The lowest BCUT2D eigenvalue weighted by molar-refractivity contribution is -0.156. The quantitative estimate of drug-likeness (QED) is 0.664. The maximum atomic E-state index is 12.4. The van der Waals surface area contributed by atoms with Gasteiger partial charge in [0.1, 0.15) is 18.2 Å². The fourth-order valence-corrected chi connectivity index (χ4v) is 5.58. The standard InChI is InChI=1S/C23H41NO4/c1-15-9-17(13-22(3,4)11-15)27-20(25)8-7-19(24)21(26)28-18-10-16(2)12-23(5,6)14-18/h15-19H,7-14,24H2,1-6H3/t15?,16?,17?,18?,19-/m1/s1. The minimum Gasteiger partial charge on any atom is -0.462 e. The van der Waals surface area contributed by atoms with Gasteiger partial charge in [-0.2, -0.15) is 0 Å². The zero-order valence-corrected chi connectivity index (χ0v) is 18.8. The van der Waals surface area contributed by atoms with Crippen molar-refractivity contribution < 1.29 is 19.1 Å². The summed E-state index contributed by atoms with van der Waals surface area (Å²) in [5, 5.41) is 0. The molecule has 2 aliphatic rings. The largest absolute Gasteiger partial charge is 0.462 e. The molecule has 5 nitrogen and oxygen atoms in total. The van der Waals surface area contributed by atoms with Crippen molar-refractivity contribution >= 4 is 11.9 Å². The van der Waals surface area contributed by atoms with Crippen LogP contribution in [0.3, 0.4) is 0 Å². The van der Waals surface area contributed by atoms with E-state index in [0.29, 0.717) is 11.8 Å². The van der Waals surface area contributed by atoms with E-state index in [4.69, 9.17) is 15.2 Å². The maximum Gasteiger partial charge on any atom is 0.323 e. The lowest BCUT2D eigenvalue weighted by atomic mass is 9.71. The van der Waals surface area contributed by atoms with Crippen molar-refractivity contribution in [3.63, 3.8) is 0 Å². The highest BCUT2D eigenvalue weighted by atomic mass is 16.5. The van der Waals surface area contributed by atoms with Crippen LogP contribution in [0, 0.1) is 22.7 Å². The molecule has 0 radical (unpaired) electrons. The van der Waals surface area contributed by atoms with E-state index in [-0.39, 0.29) is 41.8 Å². The summed E-state index contributed by atoms with van der Waals surface area (Å²) in [6.45, 7) is 13.3. The Morgan fingerprint density at radius 3 is 1.82 bits per heavy atom. The molecule has 4 unspecified atom stereocenters. The molecule has 28 heavy (non-hydrogen) atoms. The van der Waals surface area contributed by atoms with Crippen LogP contribution in [-0.4, -0.2) is 30.2 Å². The lowest BCUT2D eigenvalue weighted by Gasteiger charge is -2.38. The summed E-state index contributed by atoms with van der Waals surface area (Å²) >= 11 is 0. The molecule has 5 atom stereocenters. The topological polar surface area (TPSA) is 78.6 Å². The molecule has 0 aliphatic heterocycles. The Morgan fingerprint density at radius 1 is 0.893 bits per heavy atom. The molecule has 0 heterocycles. The first-order valence-electron chi connectivity index (χ1n) is 11.0. The van der Waals surface area contributed by atoms with Crippen molar-refractivity contribution in [2.75, 3.05) is 0 Å². The number of ether oxygens (including phenoxy) is 2. The number of nitrogens with two attached hydrogens (primary N) is 1. The first kappa shape index (κ1) is 23.2. The third kappa shape index (κ3) is 7.38. The first-order chi connectivity index (χ1) is 12.8. The molecule has 5 heteroatoms. The summed E-state index contributed by atoms with van der Waals surface area (Å²) in [4.78, 5) is 24.6. The normalized spacial score (nSPS) is 33.0. The van der Waals surface area contributed by atoms with Gasteiger partial charge in [-0.15, -0.1) is 0 Å². The monoisotopic (exact) mass is 395 g/mol. The van der Waals surface area contributed by atoms with Gasteiger partial charge in [-0.1, -0.05) is 41.5 Å². The van der Waals surface area contributed by atoms with Gasteiger partial charge in [-0.05, 0) is 67.6 Å². The van der Waals surface area contributed by atoms with Crippen molar-refractivity contribution in [1.29, 1.82) is 0 Å². The summed E-state index contributed by atoms with van der Waals surface area (Å²) in [5.41, 5.74) is 6.39. The van der Waals surface area contributed by atoms with Crippen LogP contribution < -0.4 is 5.73 Å². The molecule has 0 amide bonds. The molecule has 2 N–H and O–H groups in total. The molecule has 162 valence electrons. The van der Waals surface area contributed by atoms with Gasteiger partial charge in [-0.25, -0.2) is 0 Å². The van der Waals surface area contributed by atoms with E-state index in [1.165, 1.54) is 0 Å². The van der Waals surface area contributed by atoms with Gasteiger partial charge < -0.3 is 15.2 Å². The Hall–Kier alpha value is -1.10. The Bertz CT molecular complexity index is 557. The fraction of sp³-hybridized carbons (Fsp3) is 0.913. The highest BCUT2D eigenvalue weighted by Crippen LogP contribution is 2.40. The Kier molecular flexibility index (Phi) is 7.57. The summed E-state index contributed by atoms with van der Waals surface area (Å²) in [5.74, 6) is 0.441.